The number of nitrogens with zero attached hydrogens (tertiary/aromatic N) is 2. The van der Waals surface area contributed by atoms with E-state index in [1.165, 1.54) is 4.88 Å². The summed E-state index contributed by atoms with van der Waals surface area (Å²) >= 11 is 1.81. The molecule has 162 valence electrons. The monoisotopic (exact) mass is 428 g/mol. The Morgan fingerprint density at radius 1 is 1.10 bits per heavy atom. The SMILES string of the molecule is CO[C@H]1CCCN2C(=O)c3cccc(c3)OCCN(Cc3cccs3)CCCC[C@@H]12. The number of carbonyl (C=O) groups is 1. The summed E-state index contributed by atoms with van der Waals surface area (Å²) in [4.78, 5) is 19.2. The second-order valence-electron chi connectivity index (χ2n) is 8.21. The Morgan fingerprint density at radius 3 is 2.87 bits per heavy atom. The highest BCUT2D eigenvalue weighted by Crippen LogP contribution is 2.27. The molecule has 0 unspecified atom stereocenters. The zero-order valence-electron chi connectivity index (χ0n) is 17.8. The summed E-state index contributed by atoms with van der Waals surface area (Å²) in [5, 5.41) is 2.14. The lowest BCUT2D eigenvalue weighted by Gasteiger charge is -2.41. The van der Waals surface area contributed by atoms with Crippen molar-refractivity contribution in [3.63, 3.8) is 0 Å². The largest absolute Gasteiger partial charge is 0.492 e. The summed E-state index contributed by atoms with van der Waals surface area (Å²) in [5.41, 5.74) is 0.710. The Bertz CT molecular complexity index is 811. The van der Waals surface area contributed by atoms with Crippen LogP contribution in [0.15, 0.2) is 41.8 Å². The molecule has 0 radical (unpaired) electrons. The molecule has 2 atom stereocenters. The third-order valence-corrected chi connectivity index (χ3v) is 7.08. The minimum atomic E-state index is 0.101. The zero-order chi connectivity index (χ0) is 20.8. The number of methoxy groups -OCH3 is 1. The molecule has 1 amide bonds. The van der Waals surface area contributed by atoms with Crippen LogP contribution in [0, 0.1) is 0 Å². The van der Waals surface area contributed by atoms with E-state index >= 15 is 0 Å². The highest BCUT2D eigenvalue weighted by molar-refractivity contribution is 7.09. The Hall–Kier alpha value is -1.89. The Morgan fingerprint density at radius 2 is 2.03 bits per heavy atom. The summed E-state index contributed by atoms with van der Waals surface area (Å²) in [6.45, 7) is 4.32. The molecular weight excluding hydrogens is 396 g/mol. The molecule has 0 spiro atoms. The number of rotatable bonds is 3. The normalized spacial score (nSPS) is 24.0. The number of hydrogen-bond donors (Lipinski definition) is 0. The lowest BCUT2D eigenvalue weighted by atomic mass is 9.93. The Balaban J connectivity index is 1.54. The van der Waals surface area contributed by atoms with Gasteiger partial charge in [0.2, 0.25) is 0 Å². The molecule has 0 saturated carbocycles. The predicted octanol–water partition coefficient (Wildman–Crippen LogP) is 4.43. The van der Waals surface area contributed by atoms with Crippen LogP contribution in [0.1, 0.15) is 47.3 Å². The Kier molecular flexibility index (Phi) is 7.42. The predicted molar refractivity (Wildman–Crippen MR) is 120 cm³/mol. The van der Waals surface area contributed by atoms with Crippen molar-refractivity contribution in [2.45, 2.75) is 50.8 Å². The molecule has 6 heteroatoms. The summed E-state index contributed by atoms with van der Waals surface area (Å²) < 4.78 is 11.8. The molecule has 1 saturated heterocycles. The summed E-state index contributed by atoms with van der Waals surface area (Å²) in [6, 6.07) is 12.1. The number of piperidine rings is 1. The third-order valence-electron chi connectivity index (χ3n) is 6.22. The van der Waals surface area contributed by atoms with E-state index in [-0.39, 0.29) is 18.1 Å². The van der Waals surface area contributed by atoms with Gasteiger partial charge in [-0.05, 0) is 61.9 Å². The van der Waals surface area contributed by atoms with Crippen LogP contribution < -0.4 is 4.74 Å². The van der Waals surface area contributed by atoms with Crippen molar-refractivity contribution >= 4 is 17.2 Å². The maximum Gasteiger partial charge on any atom is 0.254 e. The van der Waals surface area contributed by atoms with E-state index in [2.05, 4.69) is 22.4 Å². The van der Waals surface area contributed by atoms with Gasteiger partial charge in [0.15, 0.2) is 0 Å². The number of ether oxygens (including phenoxy) is 2. The average molecular weight is 429 g/mol. The molecule has 0 aliphatic carbocycles. The van der Waals surface area contributed by atoms with E-state index in [1.807, 2.05) is 40.5 Å². The number of hydrogen-bond acceptors (Lipinski definition) is 5. The van der Waals surface area contributed by atoms with Crippen molar-refractivity contribution in [3.05, 3.63) is 52.2 Å². The molecule has 1 aromatic heterocycles. The number of fused-ring (bicyclic) bond motifs is 3. The molecule has 30 heavy (non-hydrogen) atoms. The Labute approximate surface area is 183 Å². The van der Waals surface area contributed by atoms with E-state index in [1.54, 1.807) is 7.11 Å². The number of thiophene rings is 1. The van der Waals surface area contributed by atoms with Gasteiger partial charge in [-0.15, -0.1) is 11.3 Å². The fourth-order valence-electron chi connectivity index (χ4n) is 4.65. The second-order valence-corrected chi connectivity index (χ2v) is 9.24. The van der Waals surface area contributed by atoms with E-state index in [4.69, 9.17) is 9.47 Å². The van der Waals surface area contributed by atoms with E-state index in [0.29, 0.717) is 12.2 Å². The van der Waals surface area contributed by atoms with Gasteiger partial charge in [-0.3, -0.25) is 9.69 Å². The first-order valence-electron chi connectivity index (χ1n) is 11.1. The standard InChI is InChI=1S/C24H32N2O3S/c1-28-23-11-5-13-26-22(23)10-2-3-12-25(18-21-9-6-16-30-21)14-15-29-20-8-4-7-19(17-20)24(26)27/h4,6-9,16-17,22-23H,2-3,5,10-15,18H2,1H3/t22-,23-/m0/s1. The highest BCUT2D eigenvalue weighted by Gasteiger charge is 2.34. The van der Waals surface area contributed by atoms with Crippen LogP contribution in [-0.2, 0) is 11.3 Å². The number of carbonyl (C=O) groups excluding carboxylic acids is 1. The summed E-state index contributed by atoms with van der Waals surface area (Å²) in [7, 11) is 1.78. The first-order chi connectivity index (χ1) is 14.7. The summed E-state index contributed by atoms with van der Waals surface area (Å²) in [6.07, 6.45) is 5.34. The van der Waals surface area contributed by atoms with Crippen molar-refractivity contribution < 1.29 is 14.3 Å². The minimum absolute atomic E-state index is 0.101. The van der Waals surface area contributed by atoms with Crippen LogP contribution >= 0.6 is 11.3 Å². The van der Waals surface area contributed by atoms with Gasteiger partial charge >= 0.3 is 0 Å². The number of amides is 1. The third kappa shape index (κ3) is 5.23. The van der Waals surface area contributed by atoms with Gasteiger partial charge in [0.05, 0.1) is 12.1 Å². The smallest absolute Gasteiger partial charge is 0.254 e. The molecule has 1 fully saturated rings. The molecule has 2 aliphatic rings. The first kappa shape index (κ1) is 21.3. The minimum Gasteiger partial charge on any atom is -0.492 e. The van der Waals surface area contributed by atoms with Crippen LogP contribution in [0.4, 0.5) is 0 Å². The lowest BCUT2D eigenvalue weighted by Crippen LogP contribution is -2.51. The quantitative estimate of drug-likeness (QED) is 0.725. The van der Waals surface area contributed by atoms with Crippen LogP contribution in [0.3, 0.4) is 0 Å². The van der Waals surface area contributed by atoms with Gasteiger partial charge in [-0.1, -0.05) is 18.6 Å². The molecule has 4 rings (SSSR count). The zero-order valence-corrected chi connectivity index (χ0v) is 18.6. The molecule has 5 nitrogen and oxygen atoms in total. The first-order valence-corrected chi connectivity index (χ1v) is 11.9. The van der Waals surface area contributed by atoms with Crippen molar-refractivity contribution in [2.75, 3.05) is 33.4 Å². The van der Waals surface area contributed by atoms with Crippen molar-refractivity contribution in [3.8, 4) is 5.75 Å². The second kappa shape index (κ2) is 10.4. The van der Waals surface area contributed by atoms with E-state index in [9.17, 15) is 4.79 Å². The molecular formula is C24H32N2O3S. The van der Waals surface area contributed by atoms with Gasteiger partial charge in [0.1, 0.15) is 12.4 Å². The van der Waals surface area contributed by atoms with Crippen LogP contribution in [-0.4, -0.2) is 61.2 Å². The molecule has 0 N–H and O–H groups in total. The van der Waals surface area contributed by atoms with Crippen LogP contribution in [0.5, 0.6) is 5.75 Å². The van der Waals surface area contributed by atoms with Crippen molar-refractivity contribution in [2.24, 2.45) is 0 Å². The average Bonchev–Trinajstić information content (AvgIpc) is 3.28. The van der Waals surface area contributed by atoms with Gasteiger partial charge in [-0.2, -0.15) is 0 Å². The maximum atomic E-state index is 13.3. The van der Waals surface area contributed by atoms with Gasteiger partial charge < -0.3 is 14.4 Å². The molecule has 2 bridgehead atoms. The molecule has 2 aliphatic heterocycles. The van der Waals surface area contributed by atoms with Gasteiger partial charge in [-0.25, -0.2) is 0 Å². The molecule has 3 heterocycles. The van der Waals surface area contributed by atoms with Crippen molar-refractivity contribution in [1.29, 1.82) is 0 Å². The van der Waals surface area contributed by atoms with Crippen molar-refractivity contribution in [1.82, 2.24) is 9.80 Å². The number of benzene rings is 1. The van der Waals surface area contributed by atoms with E-state index in [0.717, 1.165) is 64.0 Å². The highest BCUT2D eigenvalue weighted by atomic mass is 32.1. The van der Waals surface area contributed by atoms with E-state index < -0.39 is 0 Å². The molecule has 2 aromatic rings. The van der Waals surface area contributed by atoms with Crippen LogP contribution in [0.25, 0.3) is 0 Å². The topological polar surface area (TPSA) is 42.0 Å². The maximum absolute atomic E-state index is 13.3. The summed E-state index contributed by atoms with van der Waals surface area (Å²) in [5.74, 6) is 0.870. The lowest BCUT2D eigenvalue weighted by molar-refractivity contribution is -0.0156. The fraction of sp³-hybridized carbons (Fsp3) is 0.542. The molecule has 1 aromatic carbocycles. The van der Waals surface area contributed by atoms with Crippen LogP contribution in [0.2, 0.25) is 0 Å². The van der Waals surface area contributed by atoms with Gasteiger partial charge in [0.25, 0.3) is 5.91 Å². The van der Waals surface area contributed by atoms with Gasteiger partial charge in [0, 0.05) is 37.2 Å². The fourth-order valence-corrected chi connectivity index (χ4v) is 5.40.